The van der Waals surface area contributed by atoms with Crippen LogP contribution in [0.3, 0.4) is 0 Å². The van der Waals surface area contributed by atoms with Crippen LogP contribution in [0.1, 0.15) is 16.1 Å². The molecule has 0 fully saturated rings. The first kappa shape index (κ1) is 13.1. The Balaban J connectivity index is 2.69. The van der Waals surface area contributed by atoms with Crippen LogP contribution < -0.4 is 0 Å². The molecule has 0 aliphatic heterocycles. The molecule has 6 heteroatoms. The molecular weight excluding hydrogens is 324 g/mol. The summed E-state index contributed by atoms with van der Waals surface area (Å²) >= 11 is 8.89. The predicted octanol–water partition coefficient (Wildman–Crippen LogP) is 4.04. The maximum atomic E-state index is 13.3. The fraction of sp³-hybridized carbons (Fsp3) is 0.0833. The zero-order chi connectivity index (χ0) is 13.4. The molecule has 0 aliphatic rings. The lowest BCUT2D eigenvalue weighted by Crippen LogP contribution is -2.07. The quantitative estimate of drug-likeness (QED) is 0.902. The van der Waals surface area contributed by atoms with Crippen molar-refractivity contribution >= 4 is 33.5 Å². The number of aryl methyl sites for hydroxylation is 1. The molecule has 0 bridgehead atoms. The average Bonchev–Trinajstić information content (AvgIpc) is 2.65. The fourth-order valence-electron chi connectivity index (χ4n) is 1.69. The van der Waals surface area contributed by atoms with Crippen molar-refractivity contribution in [1.82, 2.24) is 4.57 Å². The van der Waals surface area contributed by atoms with Crippen molar-refractivity contribution in [3.05, 3.63) is 51.0 Å². The van der Waals surface area contributed by atoms with Crippen LogP contribution in [-0.2, 0) is 0 Å². The van der Waals surface area contributed by atoms with E-state index in [0.717, 1.165) is 0 Å². The van der Waals surface area contributed by atoms with Gasteiger partial charge in [-0.2, -0.15) is 0 Å². The van der Waals surface area contributed by atoms with Gasteiger partial charge >= 0.3 is 5.97 Å². The molecule has 2 rings (SSSR count). The van der Waals surface area contributed by atoms with Gasteiger partial charge in [0.1, 0.15) is 11.5 Å². The molecule has 1 aromatic carbocycles. The van der Waals surface area contributed by atoms with Gasteiger partial charge in [0.2, 0.25) is 0 Å². The predicted molar refractivity (Wildman–Crippen MR) is 70.1 cm³/mol. The molecule has 2 aromatic rings. The molecule has 0 unspecified atom stereocenters. The Labute approximate surface area is 116 Å². The van der Waals surface area contributed by atoms with Crippen molar-refractivity contribution < 1.29 is 14.3 Å². The SMILES string of the molecule is Cc1cc(F)c(Br)cc1-n1cc(Cl)cc1C(=O)O. The molecule has 0 saturated carbocycles. The van der Waals surface area contributed by atoms with E-state index in [9.17, 15) is 9.18 Å². The van der Waals surface area contributed by atoms with Crippen LogP contribution >= 0.6 is 27.5 Å². The second kappa shape index (κ2) is 4.74. The van der Waals surface area contributed by atoms with E-state index in [-0.39, 0.29) is 10.2 Å². The van der Waals surface area contributed by atoms with Gasteiger partial charge in [-0.15, -0.1) is 0 Å². The fourth-order valence-corrected chi connectivity index (χ4v) is 2.22. The molecular formula is C12H8BrClFNO2. The minimum Gasteiger partial charge on any atom is -0.477 e. The second-order valence-corrected chi connectivity index (χ2v) is 5.06. The summed E-state index contributed by atoms with van der Waals surface area (Å²) in [6, 6.07) is 4.20. The Hall–Kier alpha value is -1.33. The van der Waals surface area contributed by atoms with Crippen molar-refractivity contribution in [3.63, 3.8) is 0 Å². The van der Waals surface area contributed by atoms with Crippen LogP contribution in [0, 0.1) is 12.7 Å². The first-order chi connectivity index (χ1) is 8.40. The molecule has 3 nitrogen and oxygen atoms in total. The van der Waals surface area contributed by atoms with Crippen molar-refractivity contribution in [2.24, 2.45) is 0 Å². The number of halogens is 3. The number of carboxylic acid groups (broad SMARTS) is 1. The highest BCUT2D eigenvalue weighted by Crippen LogP contribution is 2.26. The van der Waals surface area contributed by atoms with E-state index in [1.165, 1.54) is 29.0 Å². The number of aromatic carboxylic acids is 1. The summed E-state index contributed by atoms with van der Waals surface area (Å²) in [5.41, 5.74) is 1.21. The highest BCUT2D eigenvalue weighted by atomic mass is 79.9. The smallest absolute Gasteiger partial charge is 0.352 e. The van der Waals surface area contributed by atoms with Crippen molar-refractivity contribution in [3.8, 4) is 5.69 Å². The molecule has 0 radical (unpaired) electrons. The van der Waals surface area contributed by atoms with Crippen molar-refractivity contribution in [2.45, 2.75) is 6.92 Å². The van der Waals surface area contributed by atoms with Gasteiger partial charge in [-0.3, -0.25) is 0 Å². The van der Waals surface area contributed by atoms with Crippen LogP contribution in [0.4, 0.5) is 4.39 Å². The second-order valence-electron chi connectivity index (χ2n) is 3.77. The first-order valence-electron chi connectivity index (χ1n) is 4.97. The van der Waals surface area contributed by atoms with Crippen LogP contribution in [0.5, 0.6) is 0 Å². The topological polar surface area (TPSA) is 42.2 Å². The number of carbonyl (C=O) groups is 1. The van der Waals surface area contributed by atoms with Crippen LogP contribution in [0.2, 0.25) is 5.02 Å². The molecule has 1 N–H and O–H groups in total. The van der Waals surface area contributed by atoms with E-state index in [0.29, 0.717) is 16.3 Å². The number of hydrogen-bond donors (Lipinski definition) is 1. The molecule has 1 heterocycles. The Kier molecular flexibility index (Phi) is 3.45. The molecule has 0 amide bonds. The van der Waals surface area contributed by atoms with Gasteiger partial charge in [-0.25, -0.2) is 9.18 Å². The molecule has 94 valence electrons. The third-order valence-electron chi connectivity index (χ3n) is 2.50. The third kappa shape index (κ3) is 2.28. The van der Waals surface area contributed by atoms with Crippen molar-refractivity contribution in [2.75, 3.05) is 0 Å². The summed E-state index contributed by atoms with van der Waals surface area (Å²) in [6.07, 6.45) is 1.48. The van der Waals surface area contributed by atoms with Crippen LogP contribution in [-0.4, -0.2) is 15.6 Å². The van der Waals surface area contributed by atoms with E-state index >= 15 is 0 Å². The molecule has 18 heavy (non-hydrogen) atoms. The van der Waals surface area contributed by atoms with E-state index in [4.69, 9.17) is 16.7 Å². The summed E-state index contributed by atoms with van der Waals surface area (Å²) in [5, 5.41) is 9.40. The highest BCUT2D eigenvalue weighted by Gasteiger charge is 2.15. The highest BCUT2D eigenvalue weighted by molar-refractivity contribution is 9.10. The van der Waals surface area contributed by atoms with Crippen LogP contribution in [0.25, 0.3) is 5.69 Å². The Morgan fingerprint density at radius 1 is 1.44 bits per heavy atom. The summed E-state index contributed by atoms with van der Waals surface area (Å²) in [4.78, 5) is 11.1. The summed E-state index contributed by atoms with van der Waals surface area (Å²) in [6.45, 7) is 1.70. The van der Waals surface area contributed by atoms with Gasteiger partial charge in [0.25, 0.3) is 0 Å². The first-order valence-corrected chi connectivity index (χ1v) is 6.14. The lowest BCUT2D eigenvalue weighted by molar-refractivity contribution is 0.0688. The van der Waals surface area contributed by atoms with Gasteiger partial charge in [0.15, 0.2) is 0 Å². The van der Waals surface area contributed by atoms with Gasteiger partial charge in [-0.05, 0) is 46.6 Å². The Bertz CT molecular complexity index is 639. The van der Waals surface area contributed by atoms with E-state index < -0.39 is 11.8 Å². The van der Waals surface area contributed by atoms with Gasteiger partial charge in [0.05, 0.1) is 15.2 Å². The Morgan fingerprint density at radius 3 is 2.72 bits per heavy atom. The number of aromatic nitrogens is 1. The van der Waals surface area contributed by atoms with E-state index in [1.807, 2.05) is 0 Å². The van der Waals surface area contributed by atoms with Gasteiger partial charge < -0.3 is 9.67 Å². The third-order valence-corrected chi connectivity index (χ3v) is 3.32. The molecule has 0 saturated heterocycles. The molecule has 0 aliphatic carbocycles. The Morgan fingerprint density at radius 2 is 2.11 bits per heavy atom. The summed E-state index contributed by atoms with van der Waals surface area (Å²) in [5.74, 6) is -1.49. The zero-order valence-corrected chi connectivity index (χ0v) is 11.6. The lowest BCUT2D eigenvalue weighted by atomic mass is 10.2. The standard InChI is InChI=1S/C12H8BrClFNO2/c1-6-2-9(15)8(13)4-10(6)16-5-7(14)3-11(16)12(17)18/h2-5H,1H3,(H,17,18). The van der Waals surface area contributed by atoms with Gasteiger partial charge in [-0.1, -0.05) is 11.6 Å². The number of hydrogen-bond acceptors (Lipinski definition) is 1. The number of benzene rings is 1. The maximum Gasteiger partial charge on any atom is 0.352 e. The van der Waals surface area contributed by atoms with E-state index in [2.05, 4.69) is 15.9 Å². The molecule has 0 spiro atoms. The summed E-state index contributed by atoms with van der Waals surface area (Å²) in [7, 11) is 0. The normalized spacial score (nSPS) is 10.7. The van der Waals surface area contributed by atoms with Crippen molar-refractivity contribution in [1.29, 1.82) is 0 Å². The number of rotatable bonds is 2. The number of nitrogens with zero attached hydrogens (tertiary/aromatic N) is 1. The minimum absolute atomic E-state index is 0.0293. The minimum atomic E-state index is -1.10. The van der Waals surface area contributed by atoms with E-state index in [1.54, 1.807) is 6.92 Å². The average molecular weight is 333 g/mol. The summed E-state index contributed by atoms with van der Waals surface area (Å²) < 4.78 is 15.0. The van der Waals surface area contributed by atoms with Crippen LogP contribution in [0.15, 0.2) is 28.9 Å². The lowest BCUT2D eigenvalue weighted by Gasteiger charge is -2.10. The molecule has 0 atom stereocenters. The number of carboxylic acids is 1. The monoisotopic (exact) mass is 331 g/mol. The maximum absolute atomic E-state index is 13.3. The molecule has 1 aromatic heterocycles. The van der Waals surface area contributed by atoms with Gasteiger partial charge in [0, 0.05) is 6.20 Å². The zero-order valence-electron chi connectivity index (χ0n) is 9.25. The largest absolute Gasteiger partial charge is 0.477 e.